The molecule has 282 valence electrons. The van der Waals surface area contributed by atoms with Gasteiger partial charge in [-0.25, -0.2) is 9.59 Å². The van der Waals surface area contributed by atoms with Gasteiger partial charge >= 0.3 is 11.9 Å². The highest BCUT2D eigenvalue weighted by molar-refractivity contribution is 5.89. The molecule has 2 spiro atoms. The van der Waals surface area contributed by atoms with Crippen molar-refractivity contribution in [2.24, 2.45) is 0 Å². The van der Waals surface area contributed by atoms with Crippen LogP contribution in [-0.4, -0.2) is 82.0 Å². The summed E-state index contributed by atoms with van der Waals surface area (Å²) in [7, 11) is 0. The van der Waals surface area contributed by atoms with E-state index in [4.69, 9.17) is 18.9 Å². The third kappa shape index (κ3) is 8.20. The standard InChI is InChI=1S/C40H52N2O10/c1-25-5-7-27(3)29(19-25)21-33(43)41-37(35(45)46)11-15-39(16-12-37)49-23-31(51-39)9-10-32-24-50-40(52-32)17-13-38(14-18-40,36(47)48)42-34(44)22-30-20-26(2)6-8-28(30)4/h5-8,19-20,31-32H,9-18,21-24H2,1-4H3,(H,41,43)(H,42,44)(H,45,46)(H,47,48). The van der Waals surface area contributed by atoms with Crippen LogP contribution in [0.1, 0.15) is 97.6 Å². The summed E-state index contributed by atoms with van der Waals surface area (Å²) in [6, 6.07) is 11.8. The van der Waals surface area contributed by atoms with E-state index < -0.39 is 34.6 Å². The zero-order valence-electron chi connectivity index (χ0n) is 30.7. The van der Waals surface area contributed by atoms with E-state index in [1.807, 2.05) is 64.1 Å². The molecular weight excluding hydrogens is 668 g/mol. The normalized spacial score (nSPS) is 31.5. The molecule has 4 aliphatic rings. The van der Waals surface area contributed by atoms with E-state index in [0.29, 0.717) is 51.7 Å². The molecule has 2 aromatic rings. The molecule has 6 rings (SSSR count). The van der Waals surface area contributed by atoms with Crippen LogP contribution in [0.2, 0.25) is 0 Å². The molecule has 4 N–H and O–H groups in total. The van der Waals surface area contributed by atoms with Crippen molar-refractivity contribution in [3.05, 3.63) is 69.8 Å². The first-order chi connectivity index (χ1) is 24.6. The molecule has 12 nitrogen and oxygen atoms in total. The molecule has 2 saturated carbocycles. The average Bonchev–Trinajstić information content (AvgIpc) is 3.69. The third-order valence-corrected chi connectivity index (χ3v) is 11.7. The van der Waals surface area contributed by atoms with Crippen molar-refractivity contribution in [3.63, 3.8) is 0 Å². The molecule has 4 fully saturated rings. The van der Waals surface area contributed by atoms with Crippen LogP contribution in [0.4, 0.5) is 0 Å². The van der Waals surface area contributed by atoms with E-state index in [9.17, 15) is 29.4 Å². The lowest BCUT2D eigenvalue weighted by Crippen LogP contribution is -2.59. The predicted octanol–water partition coefficient (Wildman–Crippen LogP) is 4.74. The first-order valence-corrected chi connectivity index (χ1v) is 18.5. The maximum absolute atomic E-state index is 13.0. The van der Waals surface area contributed by atoms with Crippen molar-refractivity contribution in [2.75, 3.05) is 13.2 Å². The molecule has 2 unspecified atom stereocenters. The van der Waals surface area contributed by atoms with Crippen molar-refractivity contribution in [2.45, 2.75) is 140 Å². The quantitative estimate of drug-likeness (QED) is 0.255. The van der Waals surface area contributed by atoms with E-state index in [1.165, 1.54) is 0 Å². The van der Waals surface area contributed by atoms with Gasteiger partial charge in [0, 0.05) is 25.7 Å². The van der Waals surface area contributed by atoms with Gasteiger partial charge in [-0.2, -0.15) is 0 Å². The van der Waals surface area contributed by atoms with E-state index in [2.05, 4.69) is 10.6 Å². The second-order valence-corrected chi connectivity index (χ2v) is 15.6. The fourth-order valence-corrected chi connectivity index (χ4v) is 8.26. The highest BCUT2D eigenvalue weighted by Crippen LogP contribution is 2.45. The number of hydrogen-bond acceptors (Lipinski definition) is 8. The molecule has 2 aliphatic carbocycles. The van der Waals surface area contributed by atoms with Crippen LogP contribution in [0.15, 0.2) is 36.4 Å². The number of amides is 2. The summed E-state index contributed by atoms with van der Waals surface area (Å²) in [5.74, 6) is -4.52. The maximum Gasteiger partial charge on any atom is 0.329 e. The molecule has 2 amide bonds. The van der Waals surface area contributed by atoms with Crippen molar-refractivity contribution in [3.8, 4) is 0 Å². The molecule has 2 aliphatic heterocycles. The largest absolute Gasteiger partial charge is 0.480 e. The summed E-state index contributed by atoms with van der Waals surface area (Å²) in [6.07, 6.45) is 3.28. The molecule has 0 bridgehead atoms. The highest BCUT2D eigenvalue weighted by atomic mass is 16.8. The van der Waals surface area contributed by atoms with Gasteiger partial charge in [-0.1, -0.05) is 47.5 Å². The number of benzene rings is 2. The van der Waals surface area contributed by atoms with Gasteiger partial charge in [0.05, 0.1) is 38.3 Å². The number of nitrogens with one attached hydrogen (secondary N) is 2. The fraction of sp³-hybridized carbons (Fsp3) is 0.600. The first-order valence-electron chi connectivity index (χ1n) is 18.5. The fourth-order valence-electron chi connectivity index (χ4n) is 8.26. The maximum atomic E-state index is 13.0. The zero-order valence-corrected chi connectivity index (χ0v) is 30.7. The number of hydrogen-bond donors (Lipinski definition) is 4. The smallest absolute Gasteiger partial charge is 0.329 e. The summed E-state index contributed by atoms with van der Waals surface area (Å²) in [5.41, 5.74) is 3.05. The third-order valence-electron chi connectivity index (χ3n) is 11.7. The second-order valence-electron chi connectivity index (χ2n) is 15.6. The molecule has 2 atom stereocenters. The number of aryl methyl sites for hydroxylation is 4. The van der Waals surface area contributed by atoms with Crippen LogP contribution < -0.4 is 10.6 Å². The Kier molecular flexibility index (Phi) is 10.9. The van der Waals surface area contributed by atoms with Crippen LogP contribution in [0.3, 0.4) is 0 Å². The van der Waals surface area contributed by atoms with E-state index in [-0.39, 0.29) is 62.5 Å². The highest BCUT2D eigenvalue weighted by Gasteiger charge is 2.54. The first kappa shape index (κ1) is 37.9. The Balaban J connectivity index is 0.959. The van der Waals surface area contributed by atoms with Gasteiger partial charge in [-0.3, -0.25) is 9.59 Å². The predicted molar refractivity (Wildman–Crippen MR) is 190 cm³/mol. The Morgan fingerprint density at radius 2 is 0.981 bits per heavy atom. The number of ether oxygens (including phenoxy) is 4. The number of carboxylic acid groups (broad SMARTS) is 2. The van der Waals surface area contributed by atoms with Crippen LogP contribution >= 0.6 is 0 Å². The SMILES string of the molecule is Cc1ccc(C)c(CC(=O)NC2(C(=O)O)CCC3(CC2)OCC(CCC2COC4(CCC(NC(=O)Cc5cc(C)ccc5C)(C(=O)O)CC4)O2)O3)c1. The van der Waals surface area contributed by atoms with Crippen molar-refractivity contribution < 1.29 is 48.3 Å². The topological polar surface area (TPSA) is 170 Å². The Labute approximate surface area is 304 Å². The Hall–Kier alpha value is -3.84. The molecule has 12 heteroatoms. The second kappa shape index (κ2) is 14.9. The van der Waals surface area contributed by atoms with Gasteiger partial charge < -0.3 is 39.8 Å². The summed E-state index contributed by atoms with van der Waals surface area (Å²) in [4.78, 5) is 51.0. The van der Waals surface area contributed by atoms with Gasteiger partial charge in [-0.15, -0.1) is 0 Å². The van der Waals surface area contributed by atoms with E-state index in [1.54, 1.807) is 0 Å². The van der Waals surface area contributed by atoms with Gasteiger partial charge in [0.25, 0.3) is 0 Å². The number of carbonyl (C=O) groups is 4. The summed E-state index contributed by atoms with van der Waals surface area (Å²) in [6.45, 7) is 8.55. The molecule has 52 heavy (non-hydrogen) atoms. The minimum atomic E-state index is -1.38. The van der Waals surface area contributed by atoms with Crippen LogP contribution in [-0.2, 0) is 51.0 Å². The molecule has 2 aromatic carbocycles. The van der Waals surface area contributed by atoms with Crippen molar-refractivity contribution in [1.82, 2.24) is 10.6 Å². The Morgan fingerprint density at radius 1 is 0.615 bits per heavy atom. The van der Waals surface area contributed by atoms with Crippen LogP contribution in [0, 0.1) is 27.7 Å². The lowest BCUT2D eigenvalue weighted by Gasteiger charge is -2.41. The average molecular weight is 721 g/mol. The summed E-state index contributed by atoms with van der Waals surface area (Å²) in [5, 5.41) is 26.1. The number of carboxylic acids is 2. The molecule has 2 saturated heterocycles. The van der Waals surface area contributed by atoms with Gasteiger partial charge in [0.1, 0.15) is 11.1 Å². The van der Waals surface area contributed by atoms with E-state index >= 15 is 0 Å². The molecule has 0 aromatic heterocycles. The summed E-state index contributed by atoms with van der Waals surface area (Å²) >= 11 is 0. The summed E-state index contributed by atoms with van der Waals surface area (Å²) < 4.78 is 25.1. The van der Waals surface area contributed by atoms with E-state index in [0.717, 1.165) is 33.4 Å². The van der Waals surface area contributed by atoms with Crippen LogP contribution in [0.25, 0.3) is 0 Å². The number of carbonyl (C=O) groups excluding carboxylic acids is 2. The molecule has 0 radical (unpaired) electrons. The van der Waals surface area contributed by atoms with Gasteiger partial charge in [0.2, 0.25) is 11.8 Å². The lowest BCUT2D eigenvalue weighted by molar-refractivity contribution is -0.204. The monoisotopic (exact) mass is 720 g/mol. The van der Waals surface area contributed by atoms with Crippen molar-refractivity contribution >= 4 is 23.8 Å². The molecule has 2 heterocycles. The Bertz CT molecular complexity index is 1570. The zero-order chi connectivity index (χ0) is 37.3. The lowest BCUT2D eigenvalue weighted by atomic mass is 9.78. The molecular formula is C40H52N2O10. The van der Waals surface area contributed by atoms with Crippen LogP contribution in [0.5, 0.6) is 0 Å². The number of rotatable bonds is 11. The van der Waals surface area contributed by atoms with Gasteiger partial charge in [0.15, 0.2) is 11.6 Å². The minimum absolute atomic E-state index is 0.113. The Morgan fingerprint density at radius 3 is 1.33 bits per heavy atom. The number of aliphatic carboxylic acids is 2. The van der Waals surface area contributed by atoms with Gasteiger partial charge in [-0.05, 0) is 88.5 Å². The minimum Gasteiger partial charge on any atom is -0.480 e. The van der Waals surface area contributed by atoms with Crippen molar-refractivity contribution in [1.29, 1.82) is 0 Å².